The average Bonchev–Trinajstić information content (AvgIpc) is 3.08. The highest BCUT2D eigenvalue weighted by Crippen LogP contribution is 2.09. The molecule has 0 aliphatic carbocycles. The van der Waals surface area contributed by atoms with Gasteiger partial charge in [0, 0.05) is 50.5 Å². The molecule has 0 atom stereocenters. The number of carbonyl (C=O) groups is 1. The molecule has 1 aliphatic rings. The summed E-state index contributed by atoms with van der Waals surface area (Å²) in [6, 6.07) is 1.90. The van der Waals surface area contributed by atoms with Gasteiger partial charge >= 0.3 is 6.03 Å². The highest BCUT2D eigenvalue weighted by molar-refractivity contribution is 5.74. The van der Waals surface area contributed by atoms with Crippen LogP contribution in [-0.4, -0.2) is 68.8 Å². The van der Waals surface area contributed by atoms with Crippen LogP contribution < -0.4 is 10.2 Å². The molecule has 2 amide bonds. The summed E-state index contributed by atoms with van der Waals surface area (Å²) in [6.07, 6.45) is 2.12. The lowest BCUT2D eigenvalue weighted by molar-refractivity contribution is 0.194. The third kappa shape index (κ3) is 3.98. The number of anilines is 1. The maximum Gasteiger partial charge on any atom is 0.317 e. The van der Waals surface area contributed by atoms with E-state index in [-0.39, 0.29) is 6.03 Å². The van der Waals surface area contributed by atoms with Crippen LogP contribution in [0.15, 0.2) is 12.4 Å². The van der Waals surface area contributed by atoms with Crippen LogP contribution >= 0.6 is 0 Å². The number of aromatic amines is 1. The Balaban J connectivity index is 1.43. The maximum absolute atomic E-state index is 12.2. The van der Waals surface area contributed by atoms with Crippen molar-refractivity contribution in [3.8, 4) is 0 Å². The molecule has 1 fully saturated rings. The molecule has 0 unspecified atom stereocenters. The summed E-state index contributed by atoms with van der Waals surface area (Å²) < 4.78 is 0. The van der Waals surface area contributed by atoms with Gasteiger partial charge in [0.15, 0.2) is 0 Å². The van der Waals surface area contributed by atoms with Crippen LogP contribution in [0.4, 0.5) is 10.7 Å². The van der Waals surface area contributed by atoms with E-state index < -0.39 is 0 Å². The predicted molar refractivity (Wildman–Crippen MR) is 88.8 cm³/mol. The molecule has 24 heavy (non-hydrogen) atoms. The van der Waals surface area contributed by atoms with E-state index in [1.807, 2.05) is 24.8 Å². The normalized spacial score (nSPS) is 14.8. The quantitative estimate of drug-likeness (QED) is 0.835. The Bertz CT molecular complexity index is 659. The van der Waals surface area contributed by atoms with Gasteiger partial charge in [0.25, 0.3) is 0 Å². The Labute approximate surface area is 140 Å². The summed E-state index contributed by atoms with van der Waals surface area (Å²) >= 11 is 0. The molecule has 9 heteroatoms. The number of hydrogen-bond donors (Lipinski definition) is 2. The van der Waals surface area contributed by atoms with Crippen LogP contribution in [0.3, 0.4) is 0 Å². The summed E-state index contributed by atoms with van der Waals surface area (Å²) in [7, 11) is 0. The number of H-pyrrole nitrogens is 1. The highest BCUT2D eigenvalue weighted by atomic mass is 16.2. The first-order valence-corrected chi connectivity index (χ1v) is 8.06. The van der Waals surface area contributed by atoms with E-state index >= 15 is 0 Å². The number of nitrogens with one attached hydrogen (secondary N) is 2. The summed E-state index contributed by atoms with van der Waals surface area (Å²) in [5.41, 5.74) is 1.90. The van der Waals surface area contributed by atoms with Gasteiger partial charge in [-0.2, -0.15) is 10.1 Å². The van der Waals surface area contributed by atoms with Crippen molar-refractivity contribution in [2.24, 2.45) is 0 Å². The Morgan fingerprint density at radius 2 is 1.92 bits per heavy atom. The summed E-state index contributed by atoms with van der Waals surface area (Å²) in [4.78, 5) is 29.0. The molecule has 1 aliphatic heterocycles. The first-order chi connectivity index (χ1) is 11.6. The zero-order valence-electron chi connectivity index (χ0n) is 14.0. The van der Waals surface area contributed by atoms with Crippen LogP contribution in [0.2, 0.25) is 0 Å². The van der Waals surface area contributed by atoms with Crippen molar-refractivity contribution in [3.05, 3.63) is 29.6 Å². The fraction of sp³-hybridized carbons (Fsp3) is 0.533. The van der Waals surface area contributed by atoms with Gasteiger partial charge in [-0.15, -0.1) is 0 Å². The molecule has 0 spiro atoms. The number of nitrogens with zero attached hydrogens (tertiary/aromatic N) is 6. The number of urea groups is 1. The second-order valence-electron chi connectivity index (χ2n) is 5.83. The minimum Gasteiger partial charge on any atom is -0.338 e. The lowest BCUT2D eigenvalue weighted by atomic mass is 10.3. The Kier molecular flexibility index (Phi) is 4.88. The molecular formula is C15H22N8O. The van der Waals surface area contributed by atoms with E-state index in [0.717, 1.165) is 36.3 Å². The second-order valence-corrected chi connectivity index (χ2v) is 5.83. The largest absolute Gasteiger partial charge is 0.338 e. The zero-order valence-corrected chi connectivity index (χ0v) is 14.0. The van der Waals surface area contributed by atoms with Gasteiger partial charge in [-0.3, -0.25) is 0 Å². The number of rotatable bonds is 4. The first-order valence-electron chi connectivity index (χ1n) is 8.06. The van der Waals surface area contributed by atoms with Crippen molar-refractivity contribution in [3.63, 3.8) is 0 Å². The van der Waals surface area contributed by atoms with E-state index in [1.54, 1.807) is 0 Å². The first kappa shape index (κ1) is 16.2. The number of aromatic nitrogens is 5. The molecule has 0 bridgehead atoms. The summed E-state index contributed by atoms with van der Waals surface area (Å²) in [5.74, 6) is 1.52. The number of piperazine rings is 1. The van der Waals surface area contributed by atoms with Gasteiger partial charge in [-0.1, -0.05) is 0 Å². The maximum atomic E-state index is 12.2. The number of carbonyl (C=O) groups excluding carboxylic acids is 1. The van der Waals surface area contributed by atoms with E-state index in [2.05, 4.69) is 35.4 Å². The van der Waals surface area contributed by atoms with Crippen molar-refractivity contribution in [2.45, 2.75) is 20.3 Å². The van der Waals surface area contributed by atoms with Gasteiger partial charge in [0.1, 0.15) is 12.2 Å². The molecule has 0 radical (unpaired) electrons. The number of aryl methyl sites for hydroxylation is 2. The van der Waals surface area contributed by atoms with Crippen molar-refractivity contribution in [1.82, 2.24) is 35.4 Å². The van der Waals surface area contributed by atoms with Gasteiger partial charge < -0.3 is 15.1 Å². The molecule has 9 nitrogen and oxygen atoms in total. The van der Waals surface area contributed by atoms with Crippen molar-refractivity contribution < 1.29 is 4.79 Å². The Morgan fingerprint density at radius 1 is 1.21 bits per heavy atom. The van der Waals surface area contributed by atoms with Gasteiger partial charge in [-0.05, 0) is 19.9 Å². The molecule has 2 aromatic rings. The van der Waals surface area contributed by atoms with Gasteiger partial charge in [0.2, 0.25) is 5.95 Å². The van der Waals surface area contributed by atoms with Crippen LogP contribution in [0.5, 0.6) is 0 Å². The molecular weight excluding hydrogens is 308 g/mol. The van der Waals surface area contributed by atoms with Crippen LogP contribution in [0.25, 0.3) is 0 Å². The van der Waals surface area contributed by atoms with Crippen LogP contribution in [0, 0.1) is 13.8 Å². The molecule has 2 N–H and O–H groups in total. The molecule has 0 aromatic carbocycles. The lowest BCUT2D eigenvalue weighted by Crippen LogP contribution is -2.52. The molecule has 2 aromatic heterocycles. The zero-order chi connectivity index (χ0) is 16.9. The second kappa shape index (κ2) is 7.24. The third-order valence-electron chi connectivity index (χ3n) is 3.92. The lowest BCUT2D eigenvalue weighted by Gasteiger charge is -2.34. The fourth-order valence-corrected chi connectivity index (χ4v) is 2.78. The number of hydrogen-bond acceptors (Lipinski definition) is 6. The number of amides is 2. The van der Waals surface area contributed by atoms with Crippen molar-refractivity contribution in [2.75, 3.05) is 37.6 Å². The van der Waals surface area contributed by atoms with E-state index in [9.17, 15) is 4.79 Å². The van der Waals surface area contributed by atoms with Gasteiger partial charge in [0.05, 0.1) is 0 Å². The fourth-order valence-electron chi connectivity index (χ4n) is 2.78. The minimum absolute atomic E-state index is 0.0448. The molecule has 3 rings (SSSR count). The highest BCUT2D eigenvalue weighted by Gasteiger charge is 2.22. The molecule has 128 valence electrons. The van der Waals surface area contributed by atoms with E-state index in [0.29, 0.717) is 26.1 Å². The molecule has 3 heterocycles. The standard InChI is InChI=1S/C15H22N8O/c1-11-9-12(2)20-13(19-11)3-4-16-15(24)23-7-5-22(6-8-23)14-17-10-18-21-14/h9-10H,3-8H2,1-2H3,(H,16,24)(H,17,18,21). The van der Waals surface area contributed by atoms with Gasteiger partial charge in [-0.25, -0.2) is 19.9 Å². The Hall–Kier alpha value is -2.71. The minimum atomic E-state index is -0.0448. The van der Waals surface area contributed by atoms with Crippen LogP contribution in [-0.2, 0) is 6.42 Å². The summed E-state index contributed by atoms with van der Waals surface area (Å²) in [6.45, 7) is 7.23. The van der Waals surface area contributed by atoms with E-state index in [1.165, 1.54) is 6.33 Å². The smallest absolute Gasteiger partial charge is 0.317 e. The SMILES string of the molecule is Cc1cc(C)nc(CCNC(=O)N2CCN(c3ncn[nH]3)CC2)n1. The molecule has 0 saturated carbocycles. The molecule has 1 saturated heterocycles. The average molecular weight is 330 g/mol. The van der Waals surface area contributed by atoms with Crippen molar-refractivity contribution in [1.29, 1.82) is 0 Å². The van der Waals surface area contributed by atoms with Crippen molar-refractivity contribution >= 4 is 12.0 Å². The third-order valence-corrected chi connectivity index (χ3v) is 3.92. The van der Waals surface area contributed by atoms with Crippen LogP contribution in [0.1, 0.15) is 17.2 Å². The predicted octanol–water partition coefficient (Wildman–Crippen LogP) is 0.286. The Morgan fingerprint density at radius 3 is 2.54 bits per heavy atom. The topological polar surface area (TPSA) is 103 Å². The monoisotopic (exact) mass is 330 g/mol. The summed E-state index contributed by atoms with van der Waals surface area (Å²) in [5, 5.41) is 9.64. The van der Waals surface area contributed by atoms with E-state index in [4.69, 9.17) is 0 Å².